The average Bonchev–Trinajstić information content (AvgIpc) is 2.95. The minimum Gasteiger partial charge on any atom is -0.378 e. The number of carbonyl (C=O) groups excluding carboxylic acids is 1. The lowest BCUT2D eigenvalue weighted by molar-refractivity contribution is 0.0970. The second-order valence-electron chi connectivity index (χ2n) is 5.89. The smallest absolute Gasteiger partial charge is 0.166 e. The third-order valence-electron chi connectivity index (χ3n) is 4.35. The lowest BCUT2D eigenvalue weighted by Gasteiger charge is -2.15. The van der Waals surface area contributed by atoms with Gasteiger partial charge in [0.25, 0.3) is 0 Å². The quantitative estimate of drug-likeness (QED) is 0.728. The monoisotopic (exact) mass is 341 g/mol. The van der Waals surface area contributed by atoms with E-state index in [0.717, 1.165) is 41.0 Å². The number of fused-ring (bicyclic) bond motifs is 3. The van der Waals surface area contributed by atoms with Crippen LogP contribution >= 0.6 is 11.6 Å². The molecule has 0 bridgehead atoms. The van der Waals surface area contributed by atoms with E-state index < -0.39 is 0 Å². The first kappa shape index (κ1) is 15.3. The molecule has 0 aliphatic heterocycles. The molecule has 1 aliphatic carbocycles. The van der Waals surface area contributed by atoms with E-state index >= 15 is 0 Å². The molecule has 0 spiro atoms. The van der Waals surface area contributed by atoms with Gasteiger partial charge in [-0.1, -0.05) is 23.7 Å². The molecule has 6 heteroatoms. The second-order valence-corrected chi connectivity index (χ2v) is 6.33. The van der Waals surface area contributed by atoms with Crippen LogP contribution in [-0.4, -0.2) is 27.5 Å². The van der Waals surface area contributed by atoms with E-state index in [1.165, 1.54) is 0 Å². The van der Waals surface area contributed by atoms with Crippen molar-refractivity contribution < 1.29 is 9.53 Å². The summed E-state index contributed by atoms with van der Waals surface area (Å²) in [7, 11) is 1.64. The van der Waals surface area contributed by atoms with Crippen molar-refractivity contribution in [3.8, 4) is 11.1 Å². The number of rotatable bonds is 3. The molecular formula is C18H16ClN3O2. The Kier molecular flexibility index (Phi) is 3.82. The minimum atomic E-state index is 0.141. The topological polar surface area (TPSA) is 56.5 Å². The Morgan fingerprint density at radius 3 is 2.79 bits per heavy atom. The van der Waals surface area contributed by atoms with Crippen LogP contribution in [0.3, 0.4) is 0 Å². The molecule has 5 nitrogen and oxygen atoms in total. The number of hydrogen-bond donors (Lipinski definition) is 0. The summed E-state index contributed by atoms with van der Waals surface area (Å²) in [6, 6.07) is 7.59. The fourth-order valence-corrected chi connectivity index (χ4v) is 3.38. The molecule has 24 heavy (non-hydrogen) atoms. The van der Waals surface area contributed by atoms with Gasteiger partial charge in [0.05, 0.1) is 29.1 Å². The van der Waals surface area contributed by atoms with Crippen molar-refractivity contribution in [3.05, 3.63) is 52.4 Å². The molecule has 0 saturated heterocycles. The van der Waals surface area contributed by atoms with Crippen LogP contribution in [0.4, 0.5) is 0 Å². The first-order valence-electron chi connectivity index (χ1n) is 7.86. The van der Waals surface area contributed by atoms with Gasteiger partial charge >= 0.3 is 0 Å². The van der Waals surface area contributed by atoms with Crippen LogP contribution in [0.15, 0.2) is 30.5 Å². The Morgan fingerprint density at radius 1 is 1.25 bits per heavy atom. The normalized spacial score (nSPS) is 14.2. The first-order chi connectivity index (χ1) is 11.7. The van der Waals surface area contributed by atoms with Crippen LogP contribution in [0, 0.1) is 0 Å². The third-order valence-corrected chi connectivity index (χ3v) is 4.60. The van der Waals surface area contributed by atoms with Gasteiger partial charge in [0.1, 0.15) is 0 Å². The van der Waals surface area contributed by atoms with Gasteiger partial charge in [0.2, 0.25) is 0 Å². The number of nitrogens with zero attached hydrogens (tertiary/aromatic N) is 3. The van der Waals surface area contributed by atoms with Crippen molar-refractivity contribution in [2.24, 2.45) is 0 Å². The van der Waals surface area contributed by atoms with E-state index in [0.29, 0.717) is 23.6 Å². The average molecular weight is 342 g/mol. The molecule has 1 aliphatic rings. The minimum absolute atomic E-state index is 0.141. The molecule has 122 valence electrons. The first-order valence-corrected chi connectivity index (χ1v) is 8.24. The molecular weight excluding hydrogens is 326 g/mol. The Labute approximate surface area is 144 Å². The van der Waals surface area contributed by atoms with E-state index in [4.69, 9.17) is 21.4 Å². The standard InChI is InChI=1S/C18H16ClN3O2/c1-24-10-14-17(11-5-7-12(19)8-6-11)18-20-9-13-15(22(18)21-14)3-2-4-16(13)23/h5-9H,2-4,10H2,1H3. The van der Waals surface area contributed by atoms with Crippen molar-refractivity contribution in [2.75, 3.05) is 7.11 Å². The van der Waals surface area contributed by atoms with Crippen LogP contribution in [0.2, 0.25) is 5.02 Å². The molecule has 0 atom stereocenters. The molecule has 0 unspecified atom stereocenters. The Bertz CT molecular complexity index is 932. The predicted molar refractivity (Wildman–Crippen MR) is 91.4 cm³/mol. The van der Waals surface area contributed by atoms with Gasteiger partial charge in [-0.15, -0.1) is 0 Å². The van der Waals surface area contributed by atoms with Crippen molar-refractivity contribution in [2.45, 2.75) is 25.9 Å². The molecule has 2 heterocycles. The summed E-state index contributed by atoms with van der Waals surface area (Å²) in [4.78, 5) is 16.7. The van der Waals surface area contributed by atoms with E-state index in [-0.39, 0.29) is 5.78 Å². The van der Waals surface area contributed by atoms with Gasteiger partial charge in [0.15, 0.2) is 11.4 Å². The van der Waals surface area contributed by atoms with Gasteiger partial charge in [-0.3, -0.25) is 4.79 Å². The number of Topliss-reactive ketones (excluding diaryl/α,β-unsaturated/α-hetero) is 1. The predicted octanol–water partition coefficient (Wildman–Crippen LogP) is 3.72. The zero-order valence-electron chi connectivity index (χ0n) is 13.3. The lowest BCUT2D eigenvalue weighted by atomic mass is 9.96. The van der Waals surface area contributed by atoms with Crippen molar-refractivity contribution in [1.82, 2.24) is 14.6 Å². The van der Waals surface area contributed by atoms with Crippen LogP contribution in [0.1, 0.15) is 34.6 Å². The Hall–Kier alpha value is -2.24. The number of methoxy groups -OCH3 is 1. The van der Waals surface area contributed by atoms with E-state index in [2.05, 4.69) is 4.98 Å². The molecule has 0 amide bonds. The van der Waals surface area contributed by atoms with Gasteiger partial charge in [-0.25, -0.2) is 9.50 Å². The van der Waals surface area contributed by atoms with Crippen molar-refractivity contribution in [1.29, 1.82) is 0 Å². The summed E-state index contributed by atoms with van der Waals surface area (Å²) >= 11 is 6.00. The summed E-state index contributed by atoms with van der Waals surface area (Å²) in [5.41, 5.74) is 5.08. The highest BCUT2D eigenvalue weighted by Gasteiger charge is 2.24. The largest absolute Gasteiger partial charge is 0.378 e. The summed E-state index contributed by atoms with van der Waals surface area (Å²) in [6.07, 6.45) is 3.94. The highest BCUT2D eigenvalue weighted by atomic mass is 35.5. The van der Waals surface area contributed by atoms with Gasteiger partial charge in [-0.2, -0.15) is 5.10 Å². The summed E-state index contributed by atoms with van der Waals surface area (Å²) in [5.74, 6) is 0.141. The zero-order valence-corrected chi connectivity index (χ0v) is 14.0. The highest BCUT2D eigenvalue weighted by Crippen LogP contribution is 2.31. The number of halogens is 1. The van der Waals surface area contributed by atoms with E-state index in [1.807, 2.05) is 28.8 Å². The maximum absolute atomic E-state index is 12.1. The van der Waals surface area contributed by atoms with E-state index in [1.54, 1.807) is 13.3 Å². The molecule has 2 aromatic heterocycles. The van der Waals surface area contributed by atoms with Gasteiger partial charge in [0, 0.05) is 24.8 Å². The number of ether oxygens (including phenoxy) is 1. The summed E-state index contributed by atoms with van der Waals surface area (Å²) in [5, 5.41) is 5.37. The maximum atomic E-state index is 12.1. The summed E-state index contributed by atoms with van der Waals surface area (Å²) in [6.45, 7) is 0.379. The van der Waals surface area contributed by atoms with Crippen LogP contribution in [-0.2, 0) is 17.8 Å². The molecule has 0 fully saturated rings. The molecule has 0 N–H and O–H groups in total. The van der Waals surface area contributed by atoms with Crippen molar-refractivity contribution in [3.63, 3.8) is 0 Å². The van der Waals surface area contributed by atoms with E-state index in [9.17, 15) is 4.79 Å². The fraction of sp³-hybridized carbons (Fsp3) is 0.278. The molecule has 0 radical (unpaired) electrons. The highest BCUT2D eigenvalue weighted by molar-refractivity contribution is 6.30. The lowest BCUT2D eigenvalue weighted by Crippen LogP contribution is -2.16. The van der Waals surface area contributed by atoms with Crippen LogP contribution < -0.4 is 0 Å². The molecule has 3 aromatic rings. The SMILES string of the molecule is COCc1nn2c3c(cnc2c1-c1ccc(Cl)cc1)C(=O)CCC3. The van der Waals surface area contributed by atoms with Crippen LogP contribution in [0.25, 0.3) is 16.8 Å². The number of ketones is 1. The fourth-order valence-electron chi connectivity index (χ4n) is 3.25. The Balaban J connectivity index is 1.99. The maximum Gasteiger partial charge on any atom is 0.166 e. The van der Waals surface area contributed by atoms with Gasteiger partial charge in [-0.05, 0) is 30.5 Å². The number of hydrogen-bond acceptors (Lipinski definition) is 4. The molecule has 0 saturated carbocycles. The van der Waals surface area contributed by atoms with Crippen LogP contribution in [0.5, 0.6) is 0 Å². The Morgan fingerprint density at radius 2 is 2.04 bits per heavy atom. The zero-order chi connectivity index (χ0) is 16.7. The summed E-state index contributed by atoms with van der Waals surface area (Å²) < 4.78 is 7.12. The second kappa shape index (κ2) is 6.00. The number of benzene rings is 1. The number of aromatic nitrogens is 3. The number of carbonyl (C=O) groups is 1. The molecule has 4 rings (SSSR count). The third kappa shape index (κ3) is 2.41. The van der Waals surface area contributed by atoms with Crippen molar-refractivity contribution >= 4 is 23.0 Å². The molecule has 1 aromatic carbocycles. The van der Waals surface area contributed by atoms with Gasteiger partial charge < -0.3 is 4.74 Å². The number of aryl methyl sites for hydroxylation is 1.